The van der Waals surface area contributed by atoms with E-state index in [9.17, 15) is 4.79 Å². The average Bonchev–Trinajstić information content (AvgIpc) is 2.47. The fraction of sp³-hybridized carbons (Fsp3) is 0.357. The summed E-state index contributed by atoms with van der Waals surface area (Å²) in [5.74, 6) is 0. The van der Waals surface area contributed by atoms with Gasteiger partial charge in [-0.05, 0) is 18.2 Å². The fourth-order valence-corrected chi connectivity index (χ4v) is 2.38. The fourth-order valence-electron chi connectivity index (χ4n) is 2.38. The van der Waals surface area contributed by atoms with E-state index >= 15 is 0 Å². The lowest BCUT2D eigenvalue weighted by molar-refractivity contribution is 0.122. The van der Waals surface area contributed by atoms with Crippen molar-refractivity contribution in [2.45, 2.75) is 0 Å². The summed E-state index contributed by atoms with van der Waals surface area (Å²) in [4.78, 5) is 17.2. The van der Waals surface area contributed by atoms with Gasteiger partial charge in [0.15, 0.2) is 0 Å². The molecule has 19 heavy (non-hydrogen) atoms. The topological polar surface area (TPSA) is 57.4 Å². The Labute approximate surface area is 111 Å². The Morgan fingerprint density at radius 1 is 1.26 bits per heavy atom. The Kier molecular flexibility index (Phi) is 3.13. The van der Waals surface area contributed by atoms with Crippen molar-refractivity contribution in [3.8, 4) is 0 Å². The van der Waals surface area contributed by atoms with Crippen molar-refractivity contribution in [3.63, 3.8) is 0 Å². The van der Waals surface area contributed by atoms with E-state index in [-0.39, 0.29) is 5.56 Å². The molecule has 0 amide bonds. The molecule has 5 nitrogen and oxygen atoms in total. The number of ether oxygens (including phenoxy) is 1. The third-order valence-electron chi connectivity index (χ3n) is 3.47. The van der Waals surface area contributed by atoms with Gasteiger partial charge in [-0.1, -0.05) is 6.07 Å². The van der Waals surface area contributed by atoms with Gasteiger partial charge in [-0.3, -0.25) is 4.79 Å². The number of rotatable bonds is 2. The first-order valence-electron chi connectivity index (χ1n) is 6.45. The van der Waals surface area contributed by atoms with Crippen LogP contribution >= 0.6 is 0 Å². The van der Waals surface area contributed by atoms with Crippen molar-refractivity contribution >= 4 is 22.3 Å². The van der Waals surface area contributed by atoms with Gasteiger partial charge in [0.1, 0.15) is 5.69 Å². The summed E-state index contributed by atoms with van der Waals surface area (Å²) in [6, 6.07) is 7.92. The number of H-pyrrole nitrogens is 1. The van der Waals surface area contributed by atoms with Crippen molar-refractivity contribution < 1.29 is 4.74 Å². The molecule has 0 aliphatic carbocycles. The number of aromatic amines is 1. The lowest BCUT2D eigenvalue weighted by Crippen LogP contribution is -2.39. The Balaban J connectivity index is 2.06. The van der Waals surface area contributed by atoms with Crippen LogP contribution in [0.3, 0.4) is 0 Å². The molecular formula is C14H17N3O2. The summed E-state index contributed by atoms with van der Waals surface area (Å²) in [7, 11) is 1.86. The molecule has 0 bridgehead atoms. The molecular weight excluding hydrogens is 242 g/mol. The summed E-state index contributed by atoms with van der Waals surface area (Å²) in [5, 5.41) is 4.11. The third-order valence-corrected chi connectivity index (χ3v) is 3.47. The highest BCUT2D eigenvalue weighted by Crippen LogP contribution is 2.20. The molecule has 3 rings (SSSR count). The number of benzene rings is 1. The molecule has 0 saturated carbocycles. The first-order chi connectivity index (χ1) is 9.28. The van der Waals surface area contributed by atoms with Crippen LogP contribution in [0.25, 0.3) is 10.9 Å². The van der Waals surface area contributed by atoms with E-state index in [0.717, 1.165) is 35.4 Å². The smallest absolute Gasteiger partial charge is 0.271 e. The van der Waals surface area contributed by atoms with Gasteiger partial charge in [0.05, 0.1) is 18.7 Å². The molecule has 2 heterocycles. The van der Waals surface area contributed by atoms with Crippen LogP contribution in [0.5, 0.6) is 0 Å². The number of hydrogen-bond donors (Lipinski definition) is 2. The van der Waals surface area contributed by atoms with Gasteiger partial charge in [0, 0.05) is 31.2 Å². The predicted octanol–water partition coefficient (Wildman–Crippen LogP) is 1.41. The maximum Gasteiger partial charge on any atom is 0.271 e. The highest BCUT2D eigenvalue weighted by Gasteiger charge is 2.15. The van der Waals surface area contributed by atoms with Gasteiger partial charge >= 0.3 is 0 Å². The molecule has 0 spiro atoms. The highest BCUT2D eigenvalue weighted by atomic mass is 16.5. The minimum atomic E-state index is -0.0392. The van der Waals surface area contributed by atoms with E-state index in [4.69, 9.17) is 4.74 Å². The maximum absolute atomic E-state index is 12.2. The van der Waals surface area contributed by atoms with Gasteiger partial charge in [0.2, 0.25) is 0 Å². The van der Waals surface area contributed by atoms with E-state index in [2.05, 4.69) is 15.2 Å². The first kappa shape index (κ1) is 12.0. The number of nitrogens with one attached hydrogen (secondary N) is 2. The lowest BCUT2D eigenvalue weighted by atomic mass is 10.1. The van der Waals surface area contributed by atoms with Gasteiger partial charge in [-0.15, -0.1) is 0 Å². The number of morpholine rings is 1. The maximum atomic E-state index is 12.2. The van der Waals surface area contributed by atoms with Crippen molar-refractivity contribution in [2.75, 3.05) is 43.6 Å². The van der Waals surface area contributed by atoms with E-state index in [0.29, 0.717) is 13.2 Å². The molecule has 1 aliphatic rings. The Bertz CT molecular complexity index is 645. The van der Waals surface area contributed by atoms with Gasteiger partial charge in [0.25, 0.3) is 5.56 Å². The van der Waals surface area contributed by atoms with E-state index in [1.165, 1.54) is 0 Å². The van der Waals surface area contributed by atoms with Crippen LogP contribution in [0, 0.1) is 0 Å². The molecule has 1 aliphatic heterocycles. The molecule has 5 heteroatoms. The van der Waals surface area contributed by atoms with E-state index in [1.54, 1.807) is 0 Å². The highest BCUT2D eigenvalue weighted by molar-refractivity contribution is 5.84. The minimum Gasteiger partial charge on any atom is -0.388 e. The van der Waals surface area contributed by atoms with E-state index in [1.807, 2.05) is 31.3 Å². The summed E-state index contributed by atoms with van der Waals surface area (Å²) in [6.45, 7) is 2.89. The van der Waals surface area contributed by atoms with E-state index < -0.39 is 0 Å². The molecule has 2 aromatic rings. The molecule has 0 atom stereocenters. The minimum absolute atomic E-state index is 0.0392. The zero-order valence-corrected chi connectivity index (χ0v) is 10.9. The molecule has 0 radical (unpaired) electrons. The van der Waals surface area contributed by atoms with Crippen LogP contribution in [0.15, 0.2) is 29.1 Å². The SMILES string of the molecule is CNc1ccc2cc(N3CCOCC3)c(=O)[nH]c2c1. The molecule has 1 aromatic carbocycles. The average molecular weight is 259 g/mol. The number of hydrogen-bond acceptors (Lipinski definition) is 4. The third kappa shape index (κ3) is 2.29. The molecule has 0 unspecified atom stereocenters. The summed E-state index contributed by atoms with van der Waals surface area (Å²) in [5.41, 5.74) is 2.53. The second kappa shape index (κ2) is 4.93. The molecule has 1 aromatic heterocycles. The second-order valence-electron chi connectivity index (χ2n) is 4.64. The Morgan fingerprint density at radius 2 is 2.05 bits per heavy atom. The van der Waals surface area contributed by atoms with Crippen LogP contribution in [0.4, 0.5) is 11.4 Å². The van der Waals surface area contributed by atoms with Crippen molar-refractivity contribution in [2.24, 2.45) is 0 Å². The summed E-state index contributed by atoms with van der Waals surface area (Å²) >= 11 is 0. The summed E-state index contributed by atoms with van der Waals surface area (Å²) in [6.07, 6.45) is 0. The Hall–Kier alpha value is -2.01. The lowest BCUT2D eigenvalue weighted by Gasteiger charge is -2.28. The largest absolute Gasteiger partial charge is 0.388 e. The van der Waals surface area contributed by atoms with Crippen LogP contribution in [-0.2, 0) is 4.74 Å². The summed E-state index contributed by atoms with van der Waals surface area (Å²) < 4.78 is 5.32. The molecule has 2 N–H and O–H groups in total. The number of nitrogens with zero attached hydrogens (tertiary/aromatic N) is 1. The second-order valence-corrected chi connectivity index (χ2v) is 4.64. The zero-order valence-electron chi connectivity index (χ0n) is 10.9. The zero-order chi connectivity index (χ0) is 13.2. The number of pyridine rings is 1. The quantitative estimate of drug-likeness (QED) is 0.856. The monoisotopic (exact) mass is 259 g/mol. The normalized spacial score (nSPS) is 15.7. The molecule has 1 saturated heterocycles. The molecule has 100 valence electrons. The predicted molar refractivity (Wildman–Crippen MR) is 77.1 cm³/mol. The first-order valence-corrected chi connectivity index (χ1v) is 6.45. The number of fused-ring (bicyclic) bond motifs is 1. The number of aromatic nitrogens is 1. The van der Waals surface area contributed by atoms with Gasteiger partial charge in [-0.2, -0.15) is 0 Å². The Morgan fingerprint density at radius 3 is 2.79 bits per heavy atom. The standard InChI is InChI=1S/C14H17N3O2/c1-15-11-3-2-10-8-13(14(18)16-12(10)9-11)17-4-6-19-7-5-17/h2-3,8-9,15H,4-7H2,1H3,(H,16,18). The van der Waals surface area contributed by atoms with Crippen LogP contribution in [-0.4, -0.2) is 38.3 Å². The van der Waals surface area contributed by atoms with Crippen molar-refractivity contribution in [1.82, 2.24) is 4.98 Å². The van der Waals surface area contributed by atoms with Crippen LogP contribution < -0.4 is 15.8 Å². The van der Waals surface area contributed by atoms with Gasteiger partial charge in [-0.25, -0.2) is 0 Å². The van der Waals surface area contributed by atoms with Crippen LogP contribution in [0.1, 0.15) is 0 Å². The van der Waals surface area contributed by atoms with Crippen molar-refractivity contribution in [3.05, 3.63) is 34.6 Å². The van der Waals surface area contributed by atoms with Crippen molar-refractivity contribution in [1.29, 1.82) is 0 Å². The van der Waals surface area contributed by atoms with Crippen LogP contribution in [0.2, 0.25) is 0 Å². The van der Waals surface area contributed by atoms with Gasteiger partial charge < -0.3 is 19.9 Å². The molecule has 1 fully saturated rings. The number of anilines is 2.